The first-order chi connectivity index (χ1) is 9.06. The molecule has 0 atom stereocenters. The van der Waals surface area contributed by atoms with E-state index in [0.29, 0.717) is 19.4 Å². The summed E-state index contributed by atoms with van der Waals surface area (Å²) in [5.41, 5.74) is 0.0115. The van der Waals surface area contributed by atoms with Gasteiger partial charge in [-0.1, -0.05) is 17.7 Å². The molecule has 0 spiro atoms. The Morgan fingerprint density at radius 2 is 2.16 bits per heavy atom. The zero-order chi connectivity index (χ0) is 14.3. The summed E-state index contributed by atoms with van der Waals surface area (Å²) in [5, 5.41) is 14.1. The molecule has 6 heteroatoms. The second kappa shape index (κ2) is 7.29. The summed E-state index contributed by atoms with van der Waals surface area (Å²) in [5.74, 6) is 1.26. The third-order valence-corrected chi connectivity index (χ3v) is 2.57. The molecule has 0 aliphatic rings. The monoisotopic (exact) mass is 280 g/mol. The number of hydrogen-bond donors (Lipinski definition) is 3. The van der Waals surface area contributed by atoms with E-state index in [1.165, 1.54) is 12.1 Å². The van der Waals surface area contributed by atoms with Crippen LogP contribution in [-0.4, -0.2) is 23.7 Å². The number of benzene rings is 1. The van der Waals surface area contributed by atoms with Crippen LogP contribution in [0.25, 0.3) is 0 Å². The molecule has 0 aliphatic carbocycles. The number of hydrogen-bond acceptors (Lipinski definition) is 2. The van der Waals surface area contributed by atoms with E-state index in [-0.39, 0.29) is 16.3 Å². The minimum Gasteiger partial charge on any atom is -0.478 e. The van der Waals surface area contributed by atoms with Crippen LogP contribution in [0, 0.1) is 12.3 Å². The lowest BCUT2D eigenvalue weighted by atomic mass is 10.2. The van der Waals surface area contributed by atoms with Crippen molar-refractivity contribution in [2.24, 2.45) is 0 Å². The Bertz CT molecular complexity index is 523. The number of rotatable bonds is 5. The van der Waals surface area contributed by atoms with Gasteiger partial charge in [0.05, 0.1) is 10.7 Å². The molecule has 100 valence electrons. The molecule has 0 bridgehead atoms. The van der Waals surface area contributed by atoms with Crippen LogP contribution in [-0.2, 0) is 0 Å². The first-order valence-electron chi connectivity index (χ1n) is 5.56. The number of carboxylic acid groups (broad SMARTS) is 1. The maximum Gasteiger partial charge on any atom is 0.339 e. The van der Waals surface area contributed by atoms with Gasteiger partial charge in [0.15, 0.2) is 0 Å². The van der Waals surface area contributed by atoms with Crippen LogP contribution < -0.4 is 10.6 Å². The second-order valence-electron chi connectivity index (χ2n) is 3.66. The van der Waals surface area contributed by atoms with Gasteiger partial charge >= 0.3 is 12.0 Å². The first-order valence-corrected chi connectivity index (χ1v) is 5.94. The topological polar surface area (TPSA) is 78.4 Å². The van der Waals surface area contributed by atoms with Crippen LogP contribution in [0.15, 0.2) is 18.2 Å². The molecule has 1 rings (SSSR count). The zero-order valence-electron chi connectivity index (χ0n) is 10.1. The molecular formula is C13H13ClN2O3. The standard InChI is InChI=1S/C13H13ClN2O3/c1-2-3-4-8-15-13(19)16-10-7-5-6-9(14)11(10)12(17)18/h1,5-7H,3-4,8H2,(H,17,18)(H2,15,16,19). The van der Waals surface area contributed by atoms with Crippen molar-refractivity contribution in [3.63, 3.8) is 0 Å². The highest BCUT2D eigenvalue weighted by Crippen LogP contribution is 2.24. The van der Waals surface area contributed by atoms with Gasteiger partial charge in [0.2, 0.25) is 0 Å². The lowest BCUT2D eigenvalue weighted by Gasteiger charge is -2.10. The summed E-state index contributed by atoms with van der Waals surface area (Å²) < 4.78 is 0. The van der Waals surface area contributed by atoms with Crippen LogP contribution in [0.3, 0.4) is 0 Å². The molecule has 0 fully saturated rings. The number of urea groups is 1. The summed E-state index contributed by atoms with van der Waals surface area (Å²) in [6, 6.07) is 3.97. The Morgan fingerprint density at radius 3 is 2.79 bits per heavy atom. The Morgan fingerprint density at radius 1 is 1.42 bits per heavy atom. The van der Waals surface area contributed by atoms with Crippen LogP contribution in [0.5, 0.6) is 0 Å². The fourth-order valence-electron chi connectivity index (χ4n) is 1.40. The summed E-state index contributed by atoms with van der Waals surface area (Å²) in [6.45, 7) is 0.416. The van der Waals surface area contributed by atoms with Crippen molar-refractivity contribution in [3.05, 3.63) is 28.8 Å². The number of carboxylic acids is 1. The lowest BCUT2D eigenvalue weighted by Crippen LogP contribution is -2.30. The predicted octanol–water partition coefficient (Wildman–Crippen LogP) is 2.57. The van der Waals surface area contributed by atoms with E-state index in [0.717, 1.165) is 0 Å². The third kappa shape index (κ3) is 4.53. The number of carbonyl (C=O) groups excluding carboxylic acids is 1. The maximum atomic E-state index is 11.6. The van der Waals surface area contributed by atoms with E-state index in [1.807, 2.05) is 0 Å². The van der Waals surface area contributed by atoms with E-state index in [4.69, 9.17) is 23.1 Å². The molecule has 1 aromatic carbocycles. The van der Waals surface area contributed by atoms with Crippen molar-refractivity contribution in [2.45, 2.75) is 12.8 Å². The SMILES string of the molecule is C#CCCCNC(=O)Nc1cccc(Cl)c1C(=O)O. The fourth-order valence-corrected chi connectivity index (χ4v) is 1.66. The van der Waals surface area contributed by atoms with Crippen molar-refractivity contribution in [3.8, 4) is 12.3 Å². The van der Waals surface area contributed by atoms with Gasteiger partial charge in [0.1, 0.15) is 5.56 Å². The van der Waals surface area contributed by atoms with Crippen molar-refractivity contribution < 1.29 is 14.7 Å². The fraction of sp³-hybridized carbons (Fsp3) is 0.231. The molecule has 0 aliphatic heterocycles. The molecule has 3 N–H and O–H groups in total. The number of carbonyl (C=O) groups is 2. The second-order valence-corrected chi connectivity index (χ2v) is 4.06. The molecule has 0 aromatic heterocycles. The maximum absolute atomic E-state index is 11.6. The highest BCUT2D eigenvalue weighted by atomic mass is 35.5. The summed E-state index contributed by atoms with van der Waals surface area (Å²) >= 11 is 5.78. The van der Waals surface area contributed by atoms with Gasteiger partial charge in [-0.2, -0.15) is 0 Å². The molecule has 2 amide bonds. The number of aromatic carboxylic acids is 1. The number of terminal acetylenes is 1. The van der Waals surface area contributed by atoms with E-state index in [1.54, 1.807) is 6.07 Å². The normalized spacial score (nSPS) is 9.47. The number of nitrogens with one attached hydrogen (secondary N) is 2. The average Bonchev–Trinajstić information content (AvgIpc) is 2.34. The van der Waals surface area contributed by atoms with Crippen molar-refractivity contribution in [1.29, 1.82) is 0 Å². The summed E-state index contributed by atoms with van der Waals surface area (Å²) in [4.78, 5) is 22.6. The molecule has 19 heavy (non-hydrogen) atoms. The first kappa shape index (κ1) is 14.9. The van der Waals surface area contributed by atoms with Gasteiger partial charge in [-0.3, -0.25) is 0 Å². The average molecular weight is 281 g/mol. The lowest BCUT2D eigenvalue weighted by molar-refractivity contribution is 0.0698. The summed E-state index contributed by atoms with van der Waals surface area (Å²) in [6.07, 6.45) is 6.31. The van der Waals surface area contributed by atoms with Crippen molar-refractivity contribution in [1.82, 2.24) is 5.32 Å². The quantitative estimate of drug-likeness (QED) is 0.573. The minimum atomic E-state index is -1.20. The molecule has 0 heterocycles. The molecule has 0 unspecified atom stereocenters. The summed E-state index contributed by atoms with van der Waals surface area (Å²) in [7, 11) is 0. The Hall–Kier alpha value is -2.19. The molecule has 1 aromatic rings. The van der Waals surface area contributed by atoms with Gasteiger partial charge in [0, 0.05) is 13.0 Å². The van der Waals surface area contributed by atoms with E-state index < -0.39 is 12.0 Å². The number of amides is 2. The molecule has 0 saturated heterocycles. The number of halogens is 1. The predicted molar refractivity (Wildman–Crippen MR) is 73.5 cm³/mol. The molecule has 0 radical (unpaired) electrons. The van der Waals surface area contributed by atoms with Crippen molar-refractivity contribution >= 4 is 29.3 Å². The van der Waals surface area contributed by atoms with Gasteiger partial charge in [-0.05, 0) is 18.6 Å². The highest BCUT2D eigenvalue weighted by Gasteiger charge is 2.15. The minimum absolute atomic E-state index is 0.0673. The van der Waals surface area contributed by atoms with Crippen LogP contribution in [0.4, 0.5) is 10.5 Å². The Labute approximate surface area is 116 Å². The van der Waals surface area contributed by atoms with Gasteiger partial charge < -0.3 is 15.7 Å². The Balaban J connectivity index is 2.67. The molecule has 5 nitrogen and oxygen atoms in total. The number of unbranched alkanes of at least 4 members (excludes halogenated alkanes) is 1. The van der Waals surface area contributed by atoms with Crippen LogP contribution in [0.2, 0.25) is 5.02 Å². The van der Waals surface area contributed by atoms with Gasteiger partial charge in [-0.15, -0.1) is 12.3 Å². The van der Waals surface area contributed by atoms with Crippen LogP contribution >= 0.6 is 11.6 Å². The highest BCUT2D eigenvalue weighted by molar-refractivity contribution is 6.34. The van der Waals surface area contributed by atoms with E-state index in [9.17, 15) is 9.59 Å². The molecule has 0 saturated carbocycles. The van der Waals surface area contributed by atoms with Gasteiger partial charge in [0.25, 0.3) is 0 Å². The largest absolute Gasteiger partial charge is 0.478 e. The smallest absolute Gasteiger partial charge is 0.339 e. The van der Waals surface area contributed by atoms with Gasteiger partial charge in [-0.25, -0.2) is 9.59 Å². The van der Waals surface area contributed by atoms with Crippen LogP contribution in [0.1, 0.15) is 23.2 Å². The Kier molecular flexibility index (Phi) is 5.71. The zero-order valence-corrected chi connectivity index (χ0v) is 10.8. The molecular weight excluding hydrogens is 268 g/mol. The number of anilines is 1. The van der Waals surface area contributed by atoms with E-state index >= 15 is 0 Å². The third-order valence-electron chi connectivity index (χ3n) is 2.26. The van der Waals surface area contributed by atoms with Crippen molar-refractivity contribution in [2.75, 3.05) is 11.9 Å². The van der Waals surface area contributed by atoms with E-state index in [2.05, 4.69) is 16.6 Å².